The molecular formula is C29H26F4N6O4S. The highest BCUT2D eigenvalue weighted by Crippen LogP contribution is 2.39. The number of benzene rings is 1. The summed E-state index contributed by atoms with van der Waals surface area (Å²) in [6, 6.07) is 5.23. The summed E-state index contributed by atoms with van der Waals surface area (Å²) >= 11 is 0. The van der Waals surface area contributed by atoms with Crippen LogP contribution in [-0.4, -0.2) is 58.1 Å². The molecule has 2 saturated heterocycles. The summed E-state index contributed by atoms with van der Waals surface area (Å²) in [6.45, 7) is 1.17. The first-order chi connectivity index (χ1) is 21.0. The van der Waals surface area contributed by atoms with Crippen molar-refractivity contribution < 1.29 is 35.5 Å². The van der Waals surface area contributed by atoms with Gasteiger partial charge < -0.3 is 10.1 Å². The smallest absolute Gasteiger partial charge is 0.379 e. The summed E-state index contributed by atoms with van der Waals surface area (Å²) < 4.78 is 90.7. The molecule has 15 heteroatoms. The second-order valence-corrected chi connectivity index (χ2v) is 13.3. The molecule has 1 aromatic carbocycles. The third kappa shape index (κ3) is 5.32. The number of nitrogens with zero attached hydrogens (tertiary/aromatic N) is 4. The fourth-order valence-corrected chi connectivity index (χ4v) is 7.23. The van der Waals surface area contributed by atoms with Gasteiger partial charge in [0.2, 0.25) is 10.0 Å². The second kappa shape index (κ2) is 10.6. The van der Waals surface area contributed by atoms with Gasteiger partial charge in [0, 0.05) is 47.4 Å². The number of sulfonamides is 1. The Morgan fingerprint density at radius 1 is 1.11 bits per heavy atom. The molecule has 5 heterocycles. The van der Waals surface area contributed by atoms with Crippen LogP contribution in [0.4, 0.5) is 23.4 Å². The maximum absolute atomic E-state index is 15.8. The molecule has 0 unspecified atom stereocenters. The van der Waals surface area contributed by atoms with E-state index in [1.54, 1.807) is 10.6 Å². The highest BCUT2D eigenvalue weighted by molar-refractivity contribution is 7.93. The van der Waals surface area contributed by atoms with Gasteiger partial charge in [0.15, 0.2) is 11.6 Å². The van der Waals surface area contributed by atoms with Crippen molar-refractivity contribution >= 4 is 27.1 Å². The average Bonchev–Trinajstić information content (AvgIpc) is 3.47. The molecular weight excluding hydrogens is 604 g/mol. The van der Waals surface area contributed by atoms with Gasteiger partial charge in [-0.25, -0.2) is 22.8 Å². The lowest BCUT2D eigenvalue weighted by Crippen LogP contribution is -2.28. The lowest BCUT2D eigenvalue weighted by Gasteiger charge is -2.13. The van der Waals surface area contributed by atoms with Crippen molar-refractivity contribution in [2.45, 2.75) is 49.2 Å². The van der Waals surface area contributed by atoms with Gasteiger partial charge in [0.25, 0.3) is 0 Å². The number of rotatable bonds is 8. The molecule has 44 heavy (non-hydrogen) atoms. The predicted molar refractivity (Wildman–Crippen MR) is 150 cm³/mol. The lowest BCUT2D eigenvalue weighted by molar-refractivity contribution is -0.137. The lowest BCUT2D eigenvalue weighted by atomic mass is 10.0. The van der Waals surface area contributed by atoms with E-state index in [4.69, 9.17) is 9.72 Å². The number of nitrogens with one attached hydrogen (secondary N) is 2. The Bertz CT molecular complexity index is 1880. The van der Waals surface area contributed by atoms with Gasteiger partial charge in [-0.1, -0.05) is 6.07 Å². The van der Waals surface area contributed by atoms with Gasteiger partial charge in [0.05, 0.1) is 36.5 Å². The van der Waals surface area contributed by atoms with E-state index in [2.05, 4.69) is 20.0 Å². The van der Waals surface area contributed by atoms with Crippen molar-refractivity contribution in [3.63, 3.8) is 0 Å². The number of hydrogen-bond acceptors (Lipinski definition) is 8. The minimum atomic E-state index is -4.60. The van der Waals surface area contributed by atoms with E-state index in [0.29, 0.717) is 38.3 Å². The van der Waals surface area contributed by atoms with E-state index in [1.165, 1.54) is 18.3 Å². The zero-order chi connectivity index (χ0) is 30.8. The van der Waals surface area contributed by atoms with Crippen molar-refractivity contribution in [2.75, 3.05) is 17.9 Å². The number of imidazole rings is 1. The maximum atomic E-state index is 15.8. The molecule has 3 atom stereocenters. The van der Waals surface area contributed by atoms with E-state index in [1.807, 2.05) is 0 Å². The molecule has 3 aliphatic rings. The molecule has 3 aromatic heterocycles. The quantitative estimate of drug-likeness (QED) is 0.218. The molecule has 0 spiro atoms. The number of pyridine rings is 1. The molecule has 0 radical (unpaired) electrons. The van der Waals surface area contributed by atoms with Gasteiger partial charge in [-0.3, -0.25) is 18.9 Å². The van der Waals surface area contributed by atoms with E-state index < -0.39 is 45.0 Å². The fourth-order valence-electron chi connectivity index (χ4n) is 5.89. The van der Waals surface area contributed by atoms with Gasteiger partial charge in [0.1, 0.15) is 22.9 Å². The zero-order valence-electron chi connectivity index (χ0n) is 23.0. The number of aromatic nitrogens is 4. The SMILES string of the molecule is O=C(Cc1cc(C(F)(F)F)ccn1)c1ccc(-c2nc([C@@H]3C[C@H]4COC[C@H]4N3)n3ccnc(NS(=O)(=O)C4CC4)c23)c(F)c1. The van der Waals surface area contributed by atoms with Crippen LogP contribution in [0.3, 0.4) is 0 Å². The molecule has 7 rings (SSSR count). The number of anilines is 1. The topological polar surface area (TPSA) is 128 Å². The minimum absolute atomic E-state index is 0.00360. The van der Waals surface area contributed by atoms with Crippen LogP contribution >= 0.6 is 0 Å². The summed E-state index contributed by atoms with van der Waals surface area (Å²) in [7, 11) is -3.72. The normalized spacial score (nSPS) is 22.0. The standard InChI is InChI=1S/C29H26F4N6O4S/c30-21-9-15(24(40)12-18-11-17(5-6-34-18)29(31,32)33)1-4-20(21)25-26-27(38-44(41,42)19-2-3-19)35-7-8-39(26)28(37-25)22-10-16-13-43-14-23(16)36-22/h1,4-9,11,16,19,22-23,36H,2-3,10,12-14H2,(H,35,38)/t16-,22-,23+/m0/s1. The monoisotopic (exact) mass is 630 g/mol. The first kappa shape index (κ1) is 28.8. The highest BCUT2D eigenvalue weighted by Gasteiger charge is 2.41. The Hall–Kier alpha value is -3.95. The Balaban J connectivity index is 1.26. The fraction of sp³-hybridized carbons (Fsp3) is 0.379. The number of carbonyl (C=O) groups is 1. The molecule has 0 bridgehead atoms. The van der Waals surface area contributed by atoms with Crippen LogP contribution in [0.2, 0.25) is 0 Å². The number of carbonyl (C=O) groups excluding carboxylic acids is 1. The van der Waals surface area contributed by atoms with Crippen molar-refractivity contribution in [1.29, 1.82) is 0 Å². The number of fused-ring (bicyclic) bond motifs is 2. The van der Waals surface area contributed by atoms with Crippen molar-refractivity contribution in [3.8, 4) is 11.3 Å². The van der Waals surface area contributed by atoms with Crippen LogP contribution in [0.25, 0.3) is 16.8 Å². The minimum Gasteiger partial charge on any atom is -0.379 e. The number of alkyl halides is 3. The number of ketones is 1. The van der Waals surface area contributed by atoms with Crippen LogP contribution in [0.1, 0.15) is 52.7 Å². The Kier molecular flexibility index (Phi) is 6.93. The number of halogens is 4. The summed E-state index contributed by atoms with van der Waals surface area (Å²) in [5.74, 6) is -0.609. The summed E-state index contributed by atoms with van der Waals surface area (Å²) in [6.07, 6.45) is 0.789. The van der Waals surface area contributed by atoms with E-state index in [9.17, 15) is 26.4 Å². The molecule has 1 saturated carbocycles. The average molecular weight is 631 g/mol. The molecule has 1 aliphatic carbocycles. The van der Waals surface area contributed by atoms with E-state index in [-0.39, 0.29) is 51.9 Å². The highest BCUT2D eigenvalue weighted by atomic mass is 32.2. The summed E-state index contributed by atoms with van der Waals surface area (Å²) in [5.41, 5.74) is -0.706. The molecule has 4 aromatic rings. The largest absolute Gasteiger partial charge is 0.416 e. The zero-order valence-corrected chi connectivity index (χ0v) is 23.8. The van der Waals surface area contributed by atoms with Gasteiger partial charge >= 0.3 is 6.18 Å². The Morgan fingerprint density at radius 2 is 1.93 bits per heavy atom. The van der Waals surface area contributed by atoms with Gasteiger partial charge in [-0.05, 0) is 43.5 Å². The predicted octanol–water partition coefficient (Wildman–Crippen LogP) is 4.33. The number of ether oxygens (including phenoxy) is 1. The maximum Gasteiger partial charge on any atom is 0.416 e. The summed E-state index contributed by atoms with van der Waals surface area (Å²) in [5, 5.41) is 2.99. The molecule has 10 nitrogen and oxygen atoms in total. The Labute approximate surface area is 248 Å². The second-order valence-electron chi connectivity index (χ2n) is 11.3. The number of hydrogen-bond donors (Lipinski definition) is 2. The van der Waals surface area contributed by atoms with E-state index in [0.717, 1.165) is 24.4 Å². The third-order valence-electron chi connectivity index (χ3n) is 8.28. The van der Waals surface area contributed by atoms with E-state index >= 15 is 4.39 Å². The first-order valence-electron chi connectivity index (χ1n) is 14.1. The summed E-state index contributed by atoms with van der Waals surface area (Å²) in [4.78, 5) is 25.9. The molecule has 2 N–H and O–H groups in total. The van der Waals surface area contributed by atoms with Crippen LogP contribution in [0.5, 0.6) is 0 Å². The van der Waals surface area contributed by atoms with Crippen molar-refractivity contribution in [2.24, 2.45) is 5.92 Å². The number of Topliss-reactive ketones (excluding diaryl/α,β-unsaturated/α-hetero) is 1. The molecule has 2 aliphatic heterocycles. The van der Waals surface area contributed by atoms with Crippen molar-refractivity contribution in [1.82, 2.24) is 24.7 Å². The van der Waals surface area contributed by atoms with Crippen LogP contribution in [0.15, 0.2) is 48.9 Å². The Morgan fingerprint density at radius 3 is 2.66 bits per heavy atom. The molecule has 0 amide bonds. The van der Waals surface area contributed by atoms with Crippen molar-refractivity contribution in [3.05, 3.63) is 77.4 Å². The first-order valence-corrected chi connectivity index (χ1v) is 15.6. The van der Waals surface area contributed by atoms with Crippen LogP contribution < -0.4 is 10.0 Å². The third-order valence-corrected chi connectivity index (χ3v) is 10.1. The van der Waals surface area contributed by atoms with Crippen LogP contribution in [0, 0.1) is 11.7 Å². The van der Waals surface area contributed by atoms with Crippen LogP contribution in [-0.2, 0) is 27.4 Å². The molecule has 230 valence electrons. The molecule has 3 fully saturated rings. The van der Waals surface area contributed by atoms with Gasteiger partial charge in [-0.15, -0.1) is 0 Å². The van der Waals surface area contributed by atoms with Gasteiger partial charge in [-0.2, -0.15) is 13.2 Å².